The van der Waals surface area contributed by atoms with Crippen LogP contribution < -0.4 is 4.74 Å². The second-order valence-electron chi connectivity index (χ2n) is 7.32. The molecule has 1 atom stereocenters. The standard InChI is InChI=1S/C20H23N3O3/c1-22-10-5-8-20(19(22)25)9-11-23(13-20)18(24)15-12-17(26-2)21-16-7-4-3-6-14(15)16/h3-4,6-7,12H,5,8-11,13H2,1-2H3/t20-/m1/s1. The molecular formula is C20H23N3O3. The quantitative estimate of drug-likeness (QED) is 0.831. The maximum Gasteiger partial charge on any atom is 0.254 e. The summed E-state index contributed by atoms with van der Waals surface area (Å²) in [4.78, 5) is 34.0. The van der Waals surface area contributed by atoms with Gasteiger partial charge in [-0.25, -0.2) is 4.98 Å². The van der Waals surface area contributed by atoms with E-state index < -0.39 is 5.41 Å². The van der Waals surface area contributed by atoms with E-state index in [2.05, 4.69) is 4.98 Å². The van der Waals surface area contributed by atoms with Crippen LogP contribution in [0.1, 0.15) is 29.6 Å². The van der Waals surface area contributed by atoms with Gasteiger partial charge in [0.1, 0.15) is 0 Å². The van der Waals surface area contributed by atoms with Gasteiger partial charge in [0.25, 0.3) is 5.91 Å². The van der Waals surface area contributed by atoms with Gasteiger partial charge in [-0.15, -0.1) is 0 Å². The van der Waals surface area contributed by atoms with Gasteiger partial charge in [0.2, 0.25) is 11.8 Å². The van der Waals surface area contributed by atoms with Crippen molar-refractivity contribution in [3.8, 4) is 5.88 Å². The van der Waals surface area contributed by atoms with Crippen LogP contribution in [0.5, 0.6) is 5.88 Å². The lowest BCUT2D eigenvalue weighted by Crippen LogP contribution is -2.48. The van der Waals surface area contributed by atoms with E-state index in [1.807, 2.05) is 41.1 Å². The molecule has 1 aromatic carbocycles. The lowest BCUT2D eigenvalue weighted by Gasteiger charge is -2.37. The average Bonchev–Trinajstić information content (AvgIpc) is 3.09. The second kappa shape index (κ2) is 6.27. The second-order valence-corrected chi connectivity index (χ2v) is 7.32. The number of ether oxygens (including phenoxy) is 1. The summed E-state index contributed by atoms with van der Waals surface area (Å²) in [6, 6.07) is 9.27. The summed E-state index contributed by atoms with van der Waals surface area (Å²) in [6.07, 6.45) is 2.60. The molecule has 2 aromatic rings. The number of carbonyl (C=O) groups is 2. The number of likely N-dealkylation sites (tertiary alicyclic amines) is 2. The van der Waals surface area contributed by atoms with Crippen molar-refractivity contribution >= 4 is 22.7 Å². The summed E-state index contributed by atoms with van der Waals surface area (Å²) < 4.78 is 5.27. The molecule has 136 valence electrons. The number of amides is 2. The fraction of sp³-hybridized carbons (Fsp3) is 0.450. The van der Waals surface area contributed by atoms with Gasteiger partial charge in [0, 0.05) is 38.1 Å². The van der Waals surface area contributed by atoms with E-state index in [-0.39, 0.29) is 11.8 Å². The smallest absolute Gasteiger partial charge is 0.254 e. The van der Waals surface area contributed by atoms with Gasteiger partial charge in [-0.1, -0.05) is 18.2 Å². The molecule has 2 aliphatic heterocycles. The number of rotatable bonds is 2. The summed E-state index contributed by atoms with van der Waals surface area (Å²) in [5.74, 6) is 0.547. The number of benzene rings is 1. The van der Waals surface area contributed by atoms with Crippen molar-refractivity contribution in [2.24, 2.45) is 5.41 Å². The largest absolute Gasteiger partial charge is 0.481 e. The van der Waals surface area contributed by atoms with E-state index in [4.69, 9.17) is 4.74 Å². The Morgan fingerprint density at radius 2 is 2.04 bits per heavy atom. The Balaban J connectivity index is 1.67. The van der Waals surface area contributed by atoms with Gasteiger partial charge in [0.15, 0.2) is 0 Å². The molecule has 4 rings (SSSR count). The van der Waals surface area contributed by atoms with Crippen molar-refractivity contribution in [1.82, 2.24) is 14.8 Å². The first-order valence-corrected chi connectivity index (χ1v) is 9.03. The van der Waals surface area contributed by atoms with Crippen LogP contribution >= 0.6 is 0 Å². The predicted octanol–water partition coefficient (Wildman–Crippen LogP) is 2.33. The van der Waals surface area contributed by atoms with Crippen LogP contribution in [-0.2, 0) is 4.79 Å². The molecule has 0 aliphatic carbocycles. The lowest BCUT2D eigenvalue weighted by atomic mass is 9.78. The highest BCUT2D eigenvalue weighted by atomic mass is 16.5. The zero-order valence-corrected chi connectivity index (χ0v) is 15.2. The molecule has 0 bridgehead atoms. The molecule has 0 unspecified atom stereocenters. The third kappa shape index (κ3) is 2.60. The maximum atomic E-state index is 13.3. The van der Waals surface area contributed by atoms with E-state index >= 15 is 0 Å². The minimum absolute atomic E-state index is 0.0557. The van der Waals surface area contributed by atoms with Gasteiger partial charge in [-0.2, -0.15) is 0 Å². The van der Waals surface area contributed by atoms with E-state index in [0.29, 0.717) is 24.5 Å². The normalized spacial score (nSPS) is 23.1. The molecule has 2 saturated heterocycles. The van der Waals surface area contributed by atoms with Gasteiger partial charge >= 0.3 is 0 Å². The number of para-hydroxylation sites is 1. The highest BCUT2D eigenvalue weighted by Gasteiger charge is 2.48. The molecule has 0 N–H and O–H groups in total. The average molecular weight is 353 g/mol. The highest BCUT2D eigenvalue weighted by molar-refractivity contribution is 6.06. The first kappa shape index (κ1) is 16.8. The molecule has 2 amide bonds. The topological polar surface area (TPSA) is 62.7 Å². The van der Waals surface area contributed by atoms with Crippen molar-refractivity contribution in [1.29, 1.82) is 0 Å². The third-order valence-corrected chi connectivity index (χ3v) is 5.72. The Morgan fingerprint density at radius 1 is 1.23 bits per heavy atom. The van der Waals surface area contributed by atoms with Gasteiger partial charge in [-0.05, 0) is 25.3 Å². The van der Waals surface area contributed by atoms with Crippen LogP contribution in [0.15, 0.2) is 30.3 Å². The molecule has 6 nitrogen and oxygen atoms in total. The summed E-state index contributed by atoms with van der Waals surface area (Å²) in [5.41, 5.74) is 0.911. The number of hydrogen-bond donors (Lipinski definition) is 0. The van der Waals surface area contributed by atoms with Crippen molar-refractivity contribution in [3.05, 3.63) is 35.9 Å². The number of fused-ring (bicyclic) bond motifs is 1. The fourth-order valence-electron chi connectivity index (χ4n) is 4.30. The number of piperidine rings is 1. The first-order valence-electron chi connectivity index (χ1n) is 9.03. The summed E-state index contributed by atoms with van der Waals surface area (Å²) in [6.45, 7) is 1.91. The number of nitrogens with zero attached hydrogens (tertiary/aromatic N) is 3. The SMILES string of the molecule is COc1cc(C(=O)N2CC[C@]3(CCCN(C)C3=O)C2)c2ccccc2n1. The van der Waals surface area contributed by atoms with Crippen LogP contribution in [0, 0.1) is 5.41 Å². The Kier molecular flexibility index (Phi) is 4.05. The third-order valence-electron chi connectivity index (χ3n) is 5.72. The monoisotopic (exact) mass is 353 g/mol. The molecule has 2 aliphatic rings. The Labute approximate surface area is 152 Å². The Hall–Kier alpha value is -2.63. The molecule has 1 aromatic heterocycles. The van der Waals surface area contributed by atoms with Crippen molar-refractivity contribution < 1.29 is 14.3 Å². The minimum atomic E-state index is -0.407. The van der Waals surface area contributed by atoms with Gasteiger partial charge in [-0.3, -0.25) is 9.59 Å². The lowest BCUT2D eigenvalue weighted by molar-refractivity contribution is -0.143. The van der Waals surface area contributed by atoms with E-state index in [0.717, 1.165) is 36.7 Å². The summed E-state index contributed by atoms with van der Waals surface area (Å²) in [5, 5.41) is 0.811. The van der Waals surface area contributed by atoms with E-state index in [1.165, 1.54) is 0 Å². The van der Waals surface area contributed by atoms with Gasteiger partial charge in [0.05, 0.1) is 23.6 Å². The molecule has 6 heteroatoms. The van der Waals surface area contributed by atoms with Crippen LogP contribution in [0.25, 0.3) is 10.9 Å². The minimum Gasteiger partial charge on any atom is -0.481 e. The number of methoxy groups -OCH3 is 1. The van der Waals surface area contributed by atoms with Crippen LogP contribution in [0.4, 0.5) is 0 Å². The van der Waals surface area contributed by atoms with Crippen molar-refractivity contribution in [2.45, 2.75) is 19.3 Å². The zero-order valence-electron chi connectivity index (χ0n) is 15.2. The van der Waals surface area contributed by atoms with Crippen LogP contribution in [0.3, 0.4) is 0 Å². The van der Waals surface area contributed by atoms with E-state index in [1.54, 1.807) is 13.2 Å². The molecular weight excluding hydrogens is 330 g/mol. The Bertz CT molecular complexity index is 882. The van der Waals surface area contributed by atoms with Crippen molar-refractivity contribution in [2.75, 3.05) is 33.8 Å². The maximum absolute atomic E-state index is 13.3. The zero-order chi connectivity index (χ0) is 18.3. The number of aromatic nitrogens is 1. The fourth-order valence-corrected chi connectivity index (χ4v) is 4.30. The molecule has 0 radical (unpaired) electrons. The summed E-state index contributed by atoms with van der Waals surface area (Å²) >= 11 is 0. The van der Waals surface area contributed by atoms with Gasteiger partial charge < -0.3 is 14.5 Å². The number of pyridine rings is 1. The highest BCUT2D eigenvalue weighted by Crippen LogP contribution is 2.40. The molecule has 26 heavy (non-hydrogen) atoms. The van der Waals surface area contributed by atoms with Crippen molar-refractivity contribution in [3.63, 3.8) is 0 Å². The van der Waals surface area contributed by atoms with E-state index in [9.17, 15) is 9.59 Å². The molecule has 1 spiro atoms. The Morgan fingerprint density at radius 3 is 2.85 bits per heavy atom. The van der Waals surface area contributed by atoms with Crippen LogP contribution in [-0.4, -0.2) is 60.4 Å². The number of hydrogen-bond acceptors (Lipinski definition) is 4. The molecule has 0 saturated carbocycles. The molecule has 3 heterocycles. The van der Waals surface area contributed by atoms with Crippen LogP contribution in [0.2, 0.25) is 0 Å². The number of carbonyl (C=O) groups excluding carboxylic acids is 2. The first-order chi connectivity index (χ1) is 12.5. The summed E-state index contributed by atoms with van der Waals surface area (Å²) in [7, 11) is 3.40. The molecule has 2 fully saturated rings. The predicted molar refractivity (Wildman–Crippen MR) is 98.1 cm³/mol.